The van der Waals surface area contributed by atoms with Gasteiger partial charge in [0.15, 0.2) is 5.75 Å². The molecular weight excluding hydrogens is 348 g/mol. The minimum absolute atomic E-state index is 0. The van der Waals surface area contributed by atoms with Crippen LogP contribution in [0, 0.1) is 10.1 Å². The van der Waals surface area contributed by atoms with E-state index in [0.717, 1.165) is 32.6 Å². The number of halogens is 1. The highest BCUT2D eigenvalue weighted by Gasteiger charge is 2.32. The molecule has 25 heavy (non-hydrogen) atoms. The zero-order valence-electron chi connectivity index (χ0n) is 14.1. The summed E-state index contributed by atoms with van der Waals surface area (Å²) >= 11 is 0. The summed E-state index contributed by atoms with van der Waals surface area (Å²) in [7, 11) is 1.38. The van der Waals surface area contributed by atoms with Gasteiger partial charge in [-0.3, -0.25) is 19.8 Å². The van der Waals surface area contributed by atoms with Gasteiger partial charge in [0.1, 0.15) is 0 Å². The summed E-state index contributed by atoms with van der Waals surface area (Å²) < 4.78 is 4.98. The fourth-order valence-corrected chi connectivity index (χ4v) is 3.42. The molecule has 0 bridgehead atoms. The highest BCUT2D eigenvalue weighted by molar-refractivity contribution is 5.95. The fraction of sp³-hybridized carbons (Fsp3) is 0.562. The smallest absolute Gasteiger partial charge is 0.311 e. The molecule has 1 aromatic rings. The van der Waals surface area contributed by atoms with E-state index in [1.54, 1.807) is 11.0 Å². The first kappa shape index (κ1) is 19.4. The number of ether oxygens (including phenoxy) is 1. The molecule has 2 saturated heterocycles. The van der Waals surface area contributed by atoms with Crippen LogP contribution in [0.4, 0.5) is 5.69 Å². The third-order valence-corrected chi connectivity index (χ3v) is 4.74. The number of hydrogen-bond donors (Lipinski definition) is 1. The van der Waals surface area contributed by atoms with Crippen molar-refractivity contribution in [2.45, 2.75) is 12.5 Å². The number of nitrogens with one attached hydrogen (secondary N) is 1. The molecule has 0 radical (unpaired) electrons. The lowest BCUT2D eigenvalue weighted by atomic mass is 10.1. The molecule has 2 fully saturated rings. The van der Waals surface area contributed by atoms with Crippen molar-refractivity contribution in [3.8, 4) is 5.75 Å². The minimum atomic E-state index is -0.525. The molecule has 1 unspecified atom stereocenters. The average Bonchev–Trinajstić information content (AvgIpc) is 3.11. The second-order valence-corrected chi connectivity index (χ2v) is 6.12. The molecule has 138 valence electrons. The Morgan fingerprint density at radius 1 is 1.32 bits per heavy atom. The lowest BCUT2D eigenvalue weighted by Gasteiger charge is -2.32. The molecule has 1 N–H and O–H groups in total. The average molecular weight is 371 g/mol. The van der Waals surface area contributed by atoms with Crippen LogP contribution in [0.3, 0.4) is 0 Å². The lowest BCUT2D eigenvalue weighted by Crippen LogP contribution is -2.49. The molecule has 0 saturated carbocycles. The lowest BCUT2D eigenvalue weighted by molar-refractivity contribution is -0.385. The van der Waals surface area contributed by atoms with E-state index in [-0.39, 0.29) is 29.8 Å². The van der Waals surface area contributed by atoms with Gasteiger partial charge in [-0.1, -0.05) is 0 Å². The van der Waals surface area contributed by atoms with Crippen molar-refractivity contribution in [2.24, 2.45) is 0 Å². The number of nitro groups is 1. The molecule has 8 nitrogen and oxygen atoms in total. The molecule has 3 rings (SSSR count). The highest BCUT2D eigenvalue weighted by atomic mass is 35.5. The van der Waals surface area contributed by atoms with Crippen molar-refractivity contribution < 1.29 is 14.5 Å². The Hall–Kier alpha value is -1.90. The number of piperazine rings is 1. The summed E-state index contributed by atoms with van der Waals surface area (Å²) in [5.74, 6) is 0.00931. The van der Waals surface area contributed by atoms with Crippen LogP contribution in [0.15, 0.2) is 18.2 Å². The predicted octanol–water partition coefficient (Wildman–Crippen LogP) is 1.14. The van der Waals surface area contributed by atoms with Crippen molar-refractivity contribution in [3.63, 3.8) is 0 Å². The second-order valence-electron chi connectivity index (χ2n) is 6.12. The Morgan fingerprint density at radius 2 is 2.04 bits per heavy atom. The van der Waals surface area contributed by atoms with E-state index in [1.807, 2.05) is 0 Å². The number of benzene rings is 1. The molecule has 1 amide bonds. The Kier molecular flexibility index (Phi) is 6.57. The van der Waals surface area contributed by atoms with Crippen molar-refractivity contribution in [1.82, 2.24) is 15.1 Å². The van der Waals surface area contributed by atoms with Crippen molar-refractivity contribution >= 4 is 24.0 Å². The number of nitro benzene ring substituents is 1. The first-order valence-corrected chi connectivity index (χ1v) is 8.16. The van der Waals surface area contributed by atoms with Crippen LogP contribution >= 0.6 is 12.4 Å². The van der Waals surface area contributed by atoms with Crippen molar-refractivity contribution in [2.75, 3.05) is 46.4 Å². The van der Waals surface area contributed by atoms with Gasteiger partial charge in [0, 0.05) is 56.9 Å². The van der Waals surface area contributed by atoms with Gasteiger partial charge in [0.2, 0.25) is 0 Å². The zero-order chi connectivity index (χ0) is 17.1. The Bertz CT molecular complexity index is 637. The number of amides is 1. The number of carbonyl (C=O) groups is 1. The molecule has 0 aliphatic carbocycles. The zero-order valence-corrected chi connectivity index (χ0v) is 15.0. The molecule has 2 heterocycles. The van der Waals surface area contributed by atoms with Crippen molar-refractivity contribution in [3.05, 3.63) is 33.9 Å². The van der Waals surface area contributed by atoms with E-state index in [2.05, 4.69) is 10.2 Å². The SMILES string of the molecule is COc1ccc(C(=O)N2CCC(N3CCNCC3)C2)cc1[N+](=O)[O-].Cl. The van der Waals surface area contributed by atoms with Crippen molar-refractivity contribution in [1.29, 1.82) is 0 Å². The predicted molar refractivity (Wildman–Crippen MR) is 95.6 cm³/mol. The monoisotopic (exact) mass is 370 g/mol. The fourth-order valence-electron chi connectivity index (χ4n) is 3.42. The van der Waals surface area contributed by atoms with E-state index in [0.29, 0.717) is 24.7 Å². The largest absolute Gasteiger partial charge is 0.490 e. The number of likely N-dealkylation sites (tertiary alicyclic amines) is 1. The van der Waals surface area contributed by atoms with Crippen LogP contribution < -0.4 is 10.1 Å². The number of nitrogens with zero attached hydrogens (tertiary/aromatic N) is 3. The molecule has 1 atom stereocenters. The van der Waals surface area contributed by atoms with Crippen LogP contribution in [0.25, 0.3) is 0 Å². The molecule has 0 aromatic heterocycles. The maximum atomic E-state index is 12.7. The maximum absolute atomic E-state index is 12.7. The van der Waals surface area contributed by atoms with Crippen LogP contribution in [-0.4, -0.2) is 73.1 Å². The second kappa shape index (κ2) is 8.46. The van der Waals surface area contributed by atoms with Crippen LogP contribution in [0.1, 0.15) is 16.8 Å². The van der Waals surface area contributed by atoms with Gasteiger partial charge >= 0.3 is 5.69 Å². The van der Waals surface area contributed by atoms with E-state index >= 15 is 0 Å². The van der Waals surface area contributed by atoms with E-state index in [1.165, 1.54) is 19.2 Å². The van der Waals surface area contributed by atoms with Gasteiger partial charge in [-0.2, -0.15) is 0 Å². The van der Waals surface area contributed by atoms with Crippen LogP contribution in [-0.2, 0) is 0 Å². The minimum Gasteiger partial charge on any atom is -0.490 e. The van der Waals surface area contributed by atoms with Gasteiger partial charge in [-0.05, 0) is 18.6 Å². The summed E-state index contributed by atoms with van der Waals surface area (Å²) in [5, 5.41) is 14.5. The third-order valence-electron chi connectivity index (χ3n) is 4.74. The van der Waals surface area contributed by atoms with Gasteiger partial charge in [0.05, 0.1) is 12.0 Å². The van der Waals surface area contributed by atoms with Gasteiger partial charge in [-0.25, -0.2) is 0 Å². The van der Waals surface area contributed by atoms with E-state index in [4.69, 9.17) is 4.74 Å². The first-order valence-electron chi connectivity index (χ1n) is 8.16. The number of methoxy groups -OCH3 is 1. The summed E-state index contributed by atoms with van der Waals surface area (Å²) in [5.41, 5.74) is 0.157. The Labute approximate surface area is 152 Å². The van der Waals surface area contributed by atoms with Crippen LogP contribution in [0.5, 0.6) is 5.75 Å². The summed E-state index contributed by atoms with van der Waals surface area (Å²) in [4.78, 5) is 27.5. The van der Waals surface area contributed by atoms with E-state index in [9.17, 15) is 14.9 Å². The standard InChI is InChI=1S/C16H22N4O4.ClH/c1-24-15-3-2-12(10-14(15)20(22)23)16(21)19-7-4-13(11-19)18-8-5-17-6-9-18;/h2-3,10,13,17H,4-9,11H2,1H3;1H. The molecule has 1 aromatic carbocycles. The Balaban J connectivity index is 0.00000225. The third kappa shape index (κ3) is 4.20. The van der Waals surface area contributed by atoms with E-state index < -0.39 is 4.92 Å². The first-order chi connectivity index (χ1) is 11.6. The maximum Gasteiger partial charge on any atom is 0.311 e. The van der Waals surface area contributed by atoms with Gasteiger partial charge in [0.25, 0.3) is 5.91 Å². The Morgan fingerprint density at radius 3 is 2.68 bits per heavy atom. The number of hydrogen-bond acceptors (Lipinski definition) is 6. The van der Waals surface area contributed by atoms with Gasteiger partial charge < -0.3 is 15.0 Å². The number of rotatable bonds is 4. The summed E-state index contributed by atoms with van der Waals surface area (Å²) in [6, 6.07) is 4.75. The molecular formula is C16H23ClN4O4. The normalized spacial score (nSPS) is 20.8. The molecule has 0 spiro atoms. The number of carbonyl (C=O) groups excluding carboxylic acids is 1. The van der Waals surface area contributed by atoms with Gasteiger partial charge in [-0.15, -0.1) is 12.4 Å². The molecule has 9 heteroatoms. The highest BCUT2D eigenvalue weighted by Crippen LogP contribution is 2.28. The summed E-state index contributed by atoms with van der Waals surface area (Å²) in [6.45, 7) is 5.33. The quantitative estimate of drug-likeness (QED) is 0.631. The topological polar surface area (TPSA) is 88.0 Å². The molecule has 2 aliphatic heterocycles. The van der Waals surface area contributed by atoms with Crippen LogP contribution in [0.2, 0.25) is 0 Å². The molecule has 2 aliphatic rings. The summed E-state index contributed by atoms with van der Waals surface area (Å²) in [6.07, 6.45) is 0.948.